The molecule has 0 aliphatic heterocycles. The first-order chi connectivity index (χ1) is 5.34. The molecule has 0 saturated carbocycles. The lowest BCUT2D eigenvalue weighted by Crippen LogP contribution is -1.80. The van der Waals surface area contributed by atoms with E-state index in [1.807, 2.05) is 0 Å². The molecule has 0 amide bonds. The minimum Gasteiger partial charge on any atom is -0.504 e. The monoisotopic (exact) mass is 155 g/mol. The number of hydrogen-bond donors (Lipinski definition) is 2. The third-order valence-corrected chi connectivity index (χ3v) is 1.09. The number of phenolic OH excluding ortho intramolecular Hbond substituents is 1. The summed E-state index contributed by atoms with van der Waals surface area (Å²) in [5.41, 5.74) is 4.50. The van der Waals surface area contributed by atoms with E-state index in [9.17, 15) is 0 Å². The fourth-order valence-corrected chi connectivity index (χ4v) is 0.630. The fourth-order valence-electron chi connectivity index (χ4n) is 0.630. The summed E-state index contributed by atoms with van der Waals surface area (Å²) in [5.74, 6) is 0.692. The van der Waals surface area contributed by atoms with Crippen LogP contribution in [0.15, 0.2) is 24.3 Å². The zero-order valence-electron chi connectivity index (χ0n) is 6.74. The Hall–Kier alpha value is -1.22. The van der Waals surface area contributed by atoms with E-state index in [0.29, 0.717) is 5.75 Å². The minimum atomic E-state index is 0.181. The normalized spacial score (nSPS) is 7.91. The molecule has 0 saturated heterocycles. The smallest absolute Gasteiger partial charge is 0.160 e. The number of hydrogen-bond acceptors (Lipinski definition) is 3. The minimum absolute atomic E-state index is 0.181. The van der Waals surface area contributed by atoms with E-state index in [-0.39, 0.29) is 5.75 Å². The average Bonchev–Trinajstić information content (AvgIpc) is 2.09. The summed E-state index contributed by atoms with van der Waals surface area (Å²) in [6.07, 6.45) is 0. The summed E-state index contributed by atoms with van der Waals surface area (Å²) in [4.78, 5) is 0. The zero-order valence-corrected chi connectivity index (χ0v) is 6.74. The van der Waals surface area contributed by atoms with Gasteiger partial charge in [0.1, 0.15) is 0 Å². The molecule has 62 valence electrons. The molecular formula is C8H13NO2. The Morgan fingerprint density at radius 3 is 2.18 bits per heavy atom. The molecule has 0 atom stereocenters. The predicted molar refractivity (Wildman–Crippen MR) is 44.8 cm³/mol. The first-order valence-electron chi connectivity index (χ1n) is 3.24. The van der Waals surface area contributed by atoms with Crippen molar-refractivity contribution in [3.05, 3.63) is 24.3 Å². The van der Waals surface area contributed by atoms with Crippen LogP contribution in [-0.2, 0) is 0 Å². The maximum atomic E-state index is 8.99. The lowest BCUT2D eigenvalue weighted by Gasteiger charge is -1.99. The third kappa shape index (κ3) is 2.91. The van der Waals surface area contributed by atoms with Crippen molar-refractivity contribution in [3.63, 3.8) is 0 Å². The van der Waals surface area contributed by atoms with Gasteiger partial charge in [0, 0.05) is 0 Å². The van der Waals surface area contributed by atoms with E-state index in [4.69, 9.17) is 9.84 Å². The fraction of sp³-hybridized carbons (Fsp3) is 0.250. The number of rotatable bonds is 1. The van der Waals surface area contributed by atoms with Crippen LogP contribution in [0.5, 0.6) is 11.5 Å². The van der Waals surface area contributed by atoms with E-state index >= 15 is 0 Å². The molecule has 3 heteroatoms. The molecule has 0 bridgehead atoms. The van der Waals surface area contributed by atoms with E-state index in [0.717, 1.165) is 0 Å². The summed E-state index contributed by atoms with van der Waals surface area (Å²) in [6.45, 7) is 0. The first-order valence-corrected chi connectivity index (χ1v) is 3.24. The number of ether oxygens (including phenoxy) is 1. The second kappa shape index (κ2) is 5.56. The van der Waals surface area contributed by atoms with Crippen LogP contribution in [0.3, 0.4) is 0 Å². The van der Waals surface area contributed by atoms with Crippen molar-refractivity contribution in [2.24, 2.45) is 5.73 Å². The third-order valence-electron chi connectivity index (χ3n) is 1.09. The van der Waals surface area contributed by atoms with Gasteiger partial charge in [0.05, 0.1) is 7.11 Å². The molecule has 1 rings (SSSR count). The van der Waals surface area contributed by atoms with Gasteiger partial charge in [-0.3, -0.25) is 0 Å². The van der Waals surface area contributed by atoms with Gasteiger partial charge in [-0.2, -0.15) is 0 Å². The molecule has 0 heterocycles. The van der Waals surface area contributed by atoms with Gasteiger partial charge >= 0.3 is 0 Å². The largest absolute Gasteiger partial charge is 0.504 e. The number of nitrogens with two attached hydrogens (primary N) is 1. The van der Waals surface area contributed by atoms with Crippen molar-refractivity contribution in [2.45, 2.75) is 0 Å². The second-order valence-corrected chi connectivity index (χ2v) is 1.67. The summed E-state index contributed by atoms with van der Waals surface area (Å²) in [6, 6.07) is 6.84. The summed E-state index contributed by atoms with van der Waals surface area (Å²) in [5, 5.41) is 8.99. The van der Waals surface area contributed by atoms with Crippen LogP contribution in [0.1, 0.15) is 0 Å². The van der Waals surface area contributed by atoms with Crippen LogP contribution in [-0.4, -0.2) is 19.3 Å². The van der Waals surface area contributed by atoms with E-state index in [2.05, 4.69) is 5.73 Å². The van der Waals surface area contributed by atoms with Crippen LogP contribution >= 0.6 is 0 Å². The van der Waals surface area contributed by atoms with E-state index in [1.165, 1.54) is 14.2 Å². The molecule has 0 aliphatic carbocycles. The Morgan fingerprint density at radius 1 is 1.27 bits per heavy atom. The quantitative estimate of drug-likeness (QED) is 0.635. The lowest BCUT2D eigenvalue weighted by atomic mass is 10.3. The van der Waals surface area contributed by atoms with Crippen LogP contribution in [0.4, 0.5) is 0 Å². The number of methoxy groups -OCH3 is 1. The first kappa shape index (κ1) is 9.78. The molecule has 11 heavy (non-hydrogen) atoms. The van der Waals surface area contributed by atoms with Crippen LogP contribution < -0.4 is 10.5 Å². The summed E-state index contributed by atoms with van der Waals surface area (Å²) >= 11 is 0. The standard InChI is InChI=1S/C7H8O2.CH5N/c1-9-7-5-3-2-4-6(7)8;1-2/h2-5,8H,1H3;2H2,1H3. The van der Waals surface area contributed by atoms with Crippen molar-refractivity contribution < 1.29 is 9.84 Å². The van der Waals surface area contributed by atoms with Crippen LogP contribution in [0.25, 0.3) is 0 Å². The van der Waals surface area contributed by atoms with Crippen molar-refractivity contribution in [1.29, 1.82) is 0 Å². The van der Waals surface area contributed by atoms with E-state index < -0.39 is 0 Å². The number of aromatic hydroxyl groups is 1. The lowest BCUT2D eigenvalue weighted by molar-refractivity contribution is 0.373. The maximum Gasteiger partial charge on any atom is 0.160 e. The molecule has 3 N–H and O–H groups in total. The maximum absolute atomic E-state index is 8.99. The van der Waals surface area contributed by atoms with Gasteiger partial charge < -0.3 is 15.6 Å². The Kier molecular flexibility index (Phi) is 4.94. The number of para-hydroxylation sites is 2. The molecule has 0 spiro atoms. The molecule has 3 nitrogen and oxygen atoms in total. The van der Waals surface area contributed by atoms with Gasteiger partial charge in [-0.05, 0) is 19.2 Å². The van der Waals surface area contributed by atoms with Crippen molar-refractivity contribution in [3.8, 4) is 11.5 Å². The molecule has 1 aromatic carbocycles. The van der Waals surface area contributed by atoms with Crippen molar-refractivity contribution in [2.75, 3.05) is 14.2 Å². The van der Waals surface area contributed by atoms with Gasteiger partial charge in [-0.25, -0.2) is 0 Å². The molecule has 0 aromatic heterocycles. The van der Waals surface area contributed by atoms with Gasteiger partial charge in [0.15, 0.2) is 11.5 Å². The Morgan fingerprint density at radius 2 is 1.82 bits per heavy atom. The molecule has 0 radical (unpaired) electrons. The SMILES string of the molecule is CN.COc1ccccc1O. The van der Waals surface area contributed by atoms with Gasteiger partial charge in [-0.1, -0.05) is 12.1 Å². The van der Waals surface area contributed by atoms with E-state index in [1.54, 1.807) is 24.3 Å². The Labute approximate surface area is 66.4 Å². The van der Waals surface area contributed by atoms with Crippen LogP contribution in [0, 0.1) is 0 Å². The molecular weight excluding hydrogens is 142 g/mol. The average molecular weight is 155 g/mol. The van der Waals surface area contributed by atoms with Gasteiger partial charge in [-0.15, -0.1) is 0 Å². The van der Waals surface area contributed by atoms with Gasteiger partial charge in [0.25, 0.3) is 0 Å². The topological polar surface area (TPSA) is 55.5 Å². The zero-order chi connectivity index (χ0) is 8.69. The van der Waals surface area contributed by atoms with Crippen LogP contribution in [0.2, 0.25) is 0 Å². The summed E-state index contributed by atoms with van der Waals surface area (Å²) < 4.78 is 4.79. The highest BCUT2D eigenvalue weighted by atomic mass is 16.5. The second-order valence-electron chi connectivity index (χ2n) is 1.67. The molecule has 0 aliphatic rings. The summed E-state index contributed by atoms with van der Waals surface area (Å²) in [7, 11) is 3.02. The molecule has 0 unspecified atom stereocenters. The highest BCUT2D eigenvalue weighted by Crippen LogP contribution is 2.22. The number of benzene rings is 1. The molecule has 1 aromatic rings. The van der Waals surface area contributed by atoms with Gasteiger partial charge in [0.2, 0.25) is 0 Å². The van der Waals surface area contributed by atoms with Crippen molar-refractivity contribution >= 4 is 0 Å². The Bertz CT molecular complexity index is 201. The Balaban J connectivity index is 0.000000461. The highest BCUT2D eigenvalue weighted by molar-refractivity contribution is 5.37. The predicted octanol–water partition coefficient (Wildman–Crippen LogP) is 0.976. The highest BCUT2D eigenvalue weighted by Gasteiger charge is 1.94. The van der Waals surface area contributed by atoms with Crippen molar-refractivity contribution in [1.82, 2.24) is 0 Å². The molecule has 0 fully saturated rings. The number of phenols is 1.